The molecule has 1 aromatic rings. The van der Waals surface area contributed by atoms with Gasteiger partial charge in [-0.25, -0.2) is 0 Å². The van der Waals surface area contributed by atoms with Crippen molar-refractivity contribution in [3.05, 3.63) is 23.0 Å². The van der Waals surface area contributed by atoms with Crippen LogP contribution >= 0.6 is 11.6 Å². The fourth-order valence-corrected chi connectivity index (χ4v) is 3.12. The van der Waals surface area contributed by atoms with Crippen LogP contribution in [0.3, 0.4) is 0 Å². The van der Waals surface area contributed by atoms with Crippen molar-refractivity contribution in [2.24, 2.45) is 17.5 Å². The summed E-state index contributed by atoms with van der Waals surface area (Å²) < 4.78 is 7.58. The highest BCUT2D eigenvalue weighted by molar-refractivity contribution is 6.30. The first kappa shape index (κ1) is 19.1. The van der Waals surface area contributed by atoms with Crippen LogP contribution in [0, 0.1) is 5.41 Å². The van der Waals surface area contributed by atoms with Crippen LogP contribution < -0.4 is 5.32 Å². The molecule has 0 amide bonds. The molecular formula is C18H31ClN4O. The Balaban J connectivity index is 1.95. The minimum Gasteiger partial charge on any atom is -0.382 e. The van der Waals surface area contributed by atoms with Gasteiger partial charge >= 0.3 is 0 Å². The van der Waals surface area contributed by atoms with E-state index in [1.165, 1.54) is 18.5 Å². The summed E-state index contributed by atoms with van der Waals surface area (Å²) >= 11 is 6.08. The summed E-state index contributed by atoms with van der Waals surface area (Å²) in [7, 11) is 4.09. The van der Waals surface area contributed by atoms with Crippen molar-refractivity contribution in [3.8, 4) is 0 Å². The van der Waals surface area contributed by atoms with Crippen LogP contribution in [-0.4, -0.2) is 48.8 Å². The molecule has 6 heteroatoms. The van der Waals surface area contributed by atoms with Gasteiger partial charge in [0, 0.05) is 52.3 Å². The third kappa shape index (κ3) is 5.42. The molecule has 0 aromatic carbocycles. The molecule has 0 unspecified atom stereocenters. The highest BCUT2D eigenvalue weighted by Crippen LogP contribution is 2.49. The largest absolute Gasteiger partial charge is 0.382 e. The molecule has 0 atom stereocenters. The van der Waals surface area contributed by atoms with Gasteiger partial charge in [-0.3, -0.25) is 4.99 Å². The van der Waals surface area contributed by atoms with Gasteiger partial charge in [0.2, 0.25) is 0 Å². The Kier molecular flexibility index (Phi) is 6.99. The van der Waals surface area contributed by atoms with Crippen LogP contribution in [-0.2, 0) is 18.3 Å². The first-order valence-corrected chi connectivity index (χ1v) is 9.25. The van der Waals surface area contributed by atoms with Gasteiger partial charge in [0.05, 0.1) is 11.6 Å². The maximum atomic E-state index is 6.08. The number of aryl methyl sites for hydroxylation is 1. The Labute approximate surface area is 151 Å². The second-order valence-electron chi connectivity index (χ2n) is 6.73. The lowest BCUT2D eigenvalue weighted by atomic mass is 10.0. The standard InChI is InChI=1S/C18H31ClN4O/c1-5-20-17(21-14-18(7-8-18)9-10-24-6-2)23(4)13-16-11-15(19)12-22(16)3/h11-12H,5-10,13-14H2,1-4H3,(H,20,21). The van der Waals surface area contributed by atoms with Crippen LogP contribution in [0.25, 0.3) is 0 Å². The molecule has 1 saturated carbocycles. The van der Waals surface area contributed by atoms with Crippen molar-refractivity contribution in [2.75, 3.05) is 33.4 Å². The topological polar surface area (TPSA) is 41.8 Å². The number of hydrogen-bond acceptors (Lipinski definition) is 2. The number of ether oxygens (including phenoxy) is 1. The fraction of sp³-hybridized carbons (Fsp3) is 0.722. The van der Waals surface area contributed by atoms with Gasteiger partial charge in [0.15, 0.2) is 5.96 Å². The molecule has 1 aliphatic carbocycles. The number of hydrogen-bond donors (Lipinski definition) is 1. The lowest BCUT2D eigenvalue weighted by Gasteiger charge is -2.23. The second kappa shape index (κ2) is 8.77. The van der Waals surface area contributed by atoms with E-state index in [0.717, 1.165) is 50.3 Å². The summed E-state index contributed by atoms with van der Waals surface area (Å²) in [5, 5.41) is 4.17. The highest BCUT2D eigenvalue weighted by Gasteiger charge is 2.42. The van der Waals surface area contributed by atoms with Crippen LogP contribution in [0.4, 0.5) is 0 Å². The van der Waals surface area contributed by atoms with Crippen LogP contribution in [0.5, 0.6) is 0 Å². The number of rotatable bonds is 9. The lowest BCUT2D eigenvalue weighted by molar-refractivity contribution is 0.129. The van der Waals surface area contributed by atoms with Gasteiger partial charge in [-0.15, -0.1) is 0 Å². The third-order valence-corrected chi connectivity index (χ3v) is 4.88. The number of aliphatic imine (C=N–C) groups is 1. The zero-order valence-electron chi connectivity index (χ0n) is 15.4. The van der Waals surface area contributed by atoms with Gasteiger partial charge in [0.25, 0.3) is 0 Å². The van der Waals surface area contributed by atoms with Crippen molar-refractivity contribution in [1.29, 1.82) is 0 Å². The Hall–Kier alpha value is -1.20. The van der Waals surface area contributed by atoms with Crippen molar-refractivity contribution in [3.63, 3.8) is 0 Å². The molecule has 1 N–H and O–H groups in total. The molecule has 2 rings (SSSR count). The maximum Gasteiger partial charge on any atom is 0.194 e. The van der Waals surface area contributed by atoms with Crippen LogP contribution in [0.2, 0.25) is 5.02 Å². The summed E-state index contributed by atoms with van der Waals surface area (Å²) in [6.07, 6.45) is 5.57. The van der Waals surface area contributed by atoms with Gasteiger partial charge in [-0.05, 0) is 44.6 Å². The van der Waals surface area contributed by atoms with Gasteiger partial charge < -0.3 is 19.5 Å². The normalized spacial score (nSPS) is 16.3. The molecule has 1 fully saturated rings. The first-order chi connectivity index (χ1) is 11.5. The van der Waals surface area contributed by atoms with E-state index < -0.39 is 0 Å². The number of aromatic nitrogens is 1. The summed E-state index contributed by atoms with van der Waals surface area (Å²) in [5.74, 6) is 0.956. The number of halogens is 1. The Morgan fingerprint density at radius 1 is 1.46 bits per heavy atom. The van der Waals surface area contributed by atoms with E-state index in [1.54, 1.807) is 0 Å². The summed E-state index contributed by atoms with van der Waals surface area (Å²) in [4.78, 5) is 7.05. The van der Waals surface area contributed by atoms with E-state index in [2.05, 4.69) is 28.8 Å². The molecule has 24 heavy (non-hydrogen) atoms. The zero-order valence-corrected chi connectivity index (χ0v) is 16.2. The average molecular weight is 355 g/mol. The number of guanidine groups is 1. The molecule has 1 aromatic heterocycles. The molecule has 5 nitrogen and oxygen atoms in total. The third-order valence-electron chi connectivity index (χ3n) is 4.67. The van der Waals surface area contributed by atoms with E-state index in [0.29, 0.717) is 5.41 Å². The molecule has 0 aliphatic heterocycles. The molecule has 1 aliphatic rings. The van der Waals surface area contributed by atoms with E-state index in [4.69, 9.17) is 21.3 Å². The van der Waals surface area contributed by atoms with E-state index >= 15 is 0 Å². The molecule has 1 heterocycles. The molecule has 0 saturated heterocycles. The van der Waals surface area contributed by atoms with E-state index in [-0.39, 0.29) is 0 Å². The number of nitrogens with zero attached hydrogens (tertiary/aromatic N) is 3. The Bertz CT molecular complexity index is 551. The van der Waals surface area contributed by atoms with Crippen molar-refractivity contribution >= 4 is 17.6 Å². The molecule has 0 radical (unpaired) electrons. The predicted molar refractivity (Wildman–Crippen MR) is 101 cm³/mol. The molecule has 0 spiro atoms. The van der Waals surface area contributed by atoms with Gasteiger partial charge in [-0.2, -0.15) is 0 Å². The van der Waals surface area contributed by atoms with Crippen LogP contribution in [0.1, 0.15) is 38.8 Å². The second-order valence-corrected chi connectivity index (χ2v) is 7.17. The smallest absolute Gasteiger partial charge is 0.194 e. The quantitative estimate of drug-likeness (QED) is 0.420. The molecule has 0 bridgehead atoms. The minimum absolute atomic E-state index is 0.366. The Morgan fingerprint density at radius 2 is 2.21 bits per heavy atom. The Morgan fingerprint density at radius 3 is 2.75 bits per heavy atom. The fourth-order valence-electron chi connectivity index (χ4n) is 2.85. The predicted octanol–water partition coefficient (Wildman–Crippen LogP) is 3.28. The van der Waals surface area contributed by atoms with Crippen molar-refractivity contribution in [1.82, 2.24) is 14.8 Å². The first-order valence-electron chi connectivity index (χ1n) is 8.87. The van der Waals surface area contributed by atoms with E-state index in [1.807, 2.05) is 26.2 Å². The summed E-state index contributed by atoms with van der Waals surface area (Å²) in [6, 6.07) is 2.01. The zero-order chi connectivity index (χ0) is 17.6. The summed E-state index contributed by atoms with van der Waals surface area (Å²) in [5.41, 5.74) is 1.54. The van der Waals surface area contributed by atoms with E-state index in [9.17, 15) is 0 Å². The van der Waals surface area contributed by atoms with Crippen LogP contribution in [0.15, 0.2) is 17.3 Å². The summed E-state index contributed by atoms with van der Waals surface area (Å²) in [6.45, 7) is 8.31. The number of nitrogens with one attached hydrogen (secondary N) is 1. The monoisotopic (exact) mass is 354 g/mol. The molecular weight excluding hydrogens is 324 g/mol. The van der Waals surface area contributed by atoms with Gasteiger partial charge in [0.1, 0.15) is 0 Å². The average Bonchev–Trinajstić information content (AvgIpc) is 3.23. The highest BCUT2D eigenvalue weighted by atomic mass is 35.5. The molecule has 136 valence electrons. The van der Waals surface area contributed by atoms with Crippen molar-refractivity contribution < 1.29 is 4.74 Å². The SMILES string of the molecule is CCNC(=NCC1(CCOCC)CC1)N(C)Cc1cc(Cl)cn1C. The minimum atomic E-state index is 0.366. The maximum absolute atomic E-state index is 6.08. The van der Waals surface area contributed by atoms with Gasteiger partial charge in [-0.1, -0.05) is 11.6 Å². The lowest BCUT2D eigenvalue weighted by Crippen LogP contribution is -2.39. The van der Waals surface area contributed by atoms with Crippen molar-refractivity contribution in [2.45, 2.75) is 39.7 Å².